The van der Waals surface area contributed by atoms with Crippen molar-refractivity contribution in [3.63, 3.8) is 0 Å². The van der Waals surface area contributed by atoms with E-state index in [4.69, 9.17) is 44.7 Å². The lowest BCUT2D eigenvalue weighted by Gasteiger charge is -2.26. The van der Waals surface area contributed by atoms with Gasteiger partial charge in [-0.3, -0.25) is 14.0 Å². The summed E-state index contributed by atoms with van der Waals surface area (Å²) in [5, 5.41) is 42.6. The van der Waals surface area contributed by atoms with Crippen LogP contribution in [0.4, 0.5) is 25.2 Å². The Hall–Kier alpha value is -7.07. The summed E-state index contributed by atoms with van der Waals surface area (Å²) >= 11 is 0. The van der Waals surface area contributed by atoms with E-state index in [-0.39, 0.29) is 76.4 Å². The first kappa shape index (κ1) is 45.9. The van der Waals surface area contributed by atoms with Crippen LogP contribution < -0.4 is 21.9 Å². The highest BCUT2D eigenvalue weighted by molar-refractivity contribution is 5.95. The van der Waals surface area contributed by atoms with Crippen LogP contribution in [0.5, 0.6) is 0 Å². The molecule has 6 aromatic heterocycles. The lowest BCUT2D eigenvalue weighted by molar-refractivity contribution is -0.0892. The fourth-order valence-electron chi connectivity index (χ4n) is 6.88. The van der Waals surface area contributed by atoms with Crippen molar-refractivity contribution in [2.75, 3.05) is 23.4 Å². The zero-order valence-corrected chi connectivity index (χ0v) is 35.0. The maximum absolute atomic E-state index is 14.7. The van der Waals surface area contributed by atoms with Gasteiger partial charge in [-0.25, -0.2) is 24.4 Å². The van der Waals surface area contributed by atoms with E-state index >= 15 is 0 Å². The number of imidazole rings is 2. The standard InChI is InChI=1S/C22H24FN5O8.C17H16FN5O6/c1-6-22(9-29)13(30)7-14(35-22)28-10-24-15-16(25-18(23)26-17(15)28)27(19(31)36-21(3,4)5)8-12-11(2)33-20(32)34-12;1-3-17(6-24)10(25)4-11(29-17)23-7-20-12-13(21-15(18)22-14(12)23)19-5-9-8(2)27-16(26)28-9/h1,10,13-14,29-30H,7-9H2,2-5H3;1,7,10-11,24-25H,4-6H2,2H3,(H,19,21,22)/t13-,14+,22+;10-,11+,17+/m00/s1. The number of halogens is 2. The van der Waals surface area contributed by atoms with Gasteiger partial charge in [0.25, 0.3) is 0 Å². The highest BCUT2D eigenvalue weighted by atomic mass is 19.1. The molecule has 65 heavy (non-hydrogen) atoms. The Morgan fingerprint density at radius 3 is 1.80 bits per heavy atom. The number of hydrogen-bond acceptors (Lipinski definition) is 21. The summed E-state index contributed by atoms with van der Waals surface area (Å²) in [6.45, 7) is 6.29. The number of aliphatic hydroxyl groups excluding tert-OH is 4. The minimum absolute atomic E-state index is 0.000648. The molecule has 5 N–H and O–H groups in total. The van der Waals surface area contributed by atoms with Gasteiger partial charge in [0.2, 0.25) is 0 Å². The predicted octanol–water partition coefficient (Wildman–Crippen LogP) is 1.48. The van der Waals surface area contributed by atoms with E-state index in [1.54, 1.807) is 27.7 Å². The average Bonchev–Trinajstić information content (AvgIpc) is 4.10. The molecule has 0 saturated carbocycles. The largest absolute Gasteiger partial charge is 0.519 e. The Labute approximate surface area is 363 Å². The van der Waals surface area contributed by atoms with Crippen LogP contribution >= 0.6 is 0 Å². The third kappa shape index (κ3) is 8.90. The highest BCUT2D eigenvalue weighted by Gasteiger charge is 2.49. The van der Waals surface area contributed by atoms with Crippen molar-refractivity contribution in [3.05, 3.63) is 69.1 Å². The molecule has 2 aliphatic rings. The number of carbonyl (C=O) groups excluding carboxylic acids is 1. The van der Waals surface area contributed by atoms with Gasteiger partial charge in [-0.1, -0.05) is 11.8 Å². The molecule has 0 aromatic carbocycles. The van der Waals surface area contributed by atoms with Crippen molar-refractivity contribution in [2.24, 2.45) is 0 Å². The van der Waals surface area contributed by atoms with E-state index in [0.717, 1.165) is 4.90 Å². The molecule has 2 aliphatic heterocycles. The number of aliphatic hydroxyl groups is 4. The zero-order chi connectivity index (χ0) is 47.2. The first-order chi connectivity index (χ1) is 30.7. The lowest BCUT2D eigenvalue weighted by atomic mass is 9.99. The molecule has 2 saturated heterocycles. The number of rotatable bonds is 10. The minimum atomic E-state index is -1.66. The van der Waals surface area contributed by atoms with E-state index in [2.05, 4.69) is 47.1 Å². The molecule has 8 rings (SSSR count). The molecule has 6 aromatic rings. The summed E-state index contributed by atoms with van der Waals surface area (Å²) in [5.41, 5.74) is -3.95. The third-order valence-electron chi connectivity index (χ3n) is 10.2. The maximum atomic E-state index is 14.7. The summed E-state index contributed by atoms with van der Waals surface area (Å²) in [7, 11) is 0. The summed E-state index contributed by atoms with van der Waals surface area (Å²) in [5.74, 6) is 3.06. The van der Waals surface area contributed by atoms with Gasteiger partial charge < -0.3 is 57.6 Å². The summed E-state index contributed by atoms with van der Waals surface area (Å²) < 4.78 is 67.8. The quantitative estimate of drug-likeness (QED) is 0.0960. The van der Waals surface area contributed by atoms with Crippen LogP contribution in [0.25, 0.3) is 22.3 Å². The summed E-state index contributed by atoms with van der Waals surface area (Å²) in [6, 6.07) is 0. The average molecular weight is 911 g/mol. The van der Waals surface area contributed by atoms with Crippen molar-refractivity contribution in [1.82, 2.24) is 39.0 Å². The molecule has 0 spiro atoms. The summed E-state index contributed by atoms with van der Waals surface area (Å²) in [4.78, 5) is 60.1. The molecule has 6 atom stereocenters. The Bertz CT molecular complexity index is 2960. The van der Waals surface area contributed by atoms with Crippen LogP contribution in [-0.2, 0) is 27.3 Å². The van der Waals surface area contributed by atoms with Crippen molar-refractivity contribution >= 4 is 40.1 Å². The number of aromatic nitrogens is 8. The monoisotopic (exact) mass is 910 g/mol. The van der Waals surface area contributed by atoms with Gasteiger partial charge in [0.15, 0.2) is 56.7 Å². The van der Waals surface area contributed by atoms with E-state index in [0.29, 0.717) is 0 Å². The van der Waals surface area contributed by atoms with Gasteiger partial charge in [0.1, 0.15) is 41.8 Å². The topological polar surface area (TPSA) is 315 Å². The second kappa shape index (κ2) is 17.5. The van der Waals surface area contributed by atoms with E-state index in [1.807, 2.05) is 0 Å². The van der Waals surface area contributed by atoms with Crippen molar-refractivity contribution in [2.45, 2.75) is 102 Å². The molecule has 0 bridgehead atoms. The number of nitrogens with zero attached hydrogens (tertiary/aromatic N) is 9. The second-order valence-corrected chi connectivity index (χ2v) is 15.6. The van der Waals surface area contributed by atoms with Gasteiger partial charge in [0, 0.05) is 12.8 Å². The smallest absolute Gasteiger partial charge is 0.443 e. The fraction of sp³-hybridized carbons (Fsp3) is 0.462. The van der Waals surface area contributed by atoms with Gasteiger partial charge in [-0.05, 0) is 34.6 Å². The van der Waals surface area contributed by atoms with Crippen molar-refractivity contribution in [3.8, 4) is 24.7 Å². The van der Waals surface area contributed by atoms with E-state index in [1.165, 1.54) is 28.7 Å². The van der Waals surface area contributed by atoms with E-state index < -0.39 is 91.1 Å². The van der Waals surface area contributed by atoms with Crippen LogP contribution in [0.2, 0.25) is 0 Å². The number of hydrogen-bond donors (Lipinski definition) is 5. The predicted molar refractivity (Wildman–Crippen MR) is 213 cm³/mol. The highest BCUT2D eigenvalue weighted by Crippen LogP contribution is 2.40. The number of fused-ring (bicyclic) bond motifs is 2. The van der Waals surface area contributed by atoms with Gasteiger partial charge in [0.05, 0.1) is 39.0 Å². The van der Waals surface area contributed by atoms with Crippen molar-refractivity contribution in [1.29, 1.82) is 0 Å². The van der Waals surface area contributed by atoms with Crippen LogP contribution in [0.15, 0.2) is 39.9 Å². The number of amides is 1. The number of ether oxygens (including phenoxy) is 3. The van der Waals surface area contributed by atoms with Gasteiger partial charge >= 0.3 is 29.9 Å². The lowest BCUT2D eigenvalue weighted by Crippen LogP contribution is -2.41. The molecule has 8 heterocycles. The van der Waals surface area contributed by atoms with Crippen LogP contribution in [-0.4, -0.2) is 108 Å². The molecule has 0 unspecified atom stereocenters. The number of terminal acetylenes is 2. The fourth-order valence-corrected chi connectivity index (χ4v) is 6.88. The molecular weight excluding hydrogens is 870 g/mol. The van der Waals surface area contributed by atoms with Crippen LogP contribution in [0.3, 0.4) is 0 Å². The van der Waals surface area contributed by atoms with Gasteiger partial charge in [-0.2, -0.15) is 28.7 Å². The Morgan fingerprint density at radius 2 is 1.34 bits per heavy atom. The van der Waals surface area contributed by atoms with Crippen LogP contribution in [0.1, 0.15) is 69.1 Å². The zero-order valence-electron chi connectivity index (χ0n) is 35.0. The first-order valence-electron chi connectivity index (χ1n) is 19.4. The molecule has 0 radical (unpaired) electrons. The molecule has 1 amide bonds. The minimum Gasteiger partial charge on any atom is -0.443 e. The Kier molecular flexibility index (Phi) is 12.4. The number of carbonyl (C=O) groups is 1. The molecule has 26 heteroatoms. The molecule has 2 fully saturated rings. The second-order valence-electron chi connectivity index (χ2n) is 15.6. The SMILES string of the molecule is C#C[C@]1(CO)O[C@@H](n2cnc3c(N(Cc4oc(=O)oc4C)C(=O)OC(C)(C)C)nc(F)nc32)C[C@@H]1O.C#C[C@]1(CO)O[C@@H](n2cnc3c(NCc4oc(=O)oc4C)nc(F)nc32)C[C@@H]1O. The Balaban J connectivity index is 0.000000198. The first-order valence-corrected chi connectivity index (χ1v) is 19.4. The van der Waals surface area contributed by atoms with Crippen LogP contribution in [0, 0.1) is 50.7 Å². The van der Waals surface area contributed by atoms with Gasteiger partial charge in [-0.15, -0.1) is 12.8 Å². The molecule has 24 nitrogen and oxygen atoms in total. The molecule has 0 aliphatic carbocycles. The van der Waals surface area contributed by atoms with Crippen molar-refractivity contribution < 1.29 is 65.9 Å². The number of anilines is 2. The third-order valence-corrected chi connectivity index (χ3v) is 10.2. The van der Waals surface area contributed by atoms with E-state index in [9.17, 15) is 43.6 Å². The number of nitrogens with one attached hydrogen (secondary N) is 1. The molecular formula is C39H40F2N10O14. The Morgan fingerprint density at radius 1 is 0.846 bits per heavy atom. The number of aryl methyl sites for hydroxylation is 2. The summed E-state index contributed by atoms with van der Waals surface area (Å²) in [6.07, 6.45) is 6.15. The molecule has 344 valence electrons. The maximum Gasteiger partial charge on any atom is 0.519 e. The normalized spacial score (nSPS) is 23.0.